The van der Waals surface area contributed by atoms with E-state index in [-0.39, 0.29) is 24.8 Å². The Labute approximate surface area is 106 Å². The van der Waals surface area contributed by atoms with E-state index < -0.39 is 18.1 Å². The van der Waals surface area contributed by atoms with Gasteiger partial charge in [0, 0.05) is 18.9 Å². The summed E-state index contributed by atoms with van der Waals surface area (Å²) in [5.74, 6) is 0.0968. The van der Waals surface area contributed by atoms with Gasteiger partial charge in [0.1, 0.15) is 6.04 Å². The second kappa shape index (κ2) is 4.23. The summed E-state index contributed by atoms with van der Waals surface area (Å²) in [6.07, 6.45) is 3.86. The Morgan fingerprint density at radius 2 is 1.89 bits per heavy atom. The molecule has 5 atom stereocenters. The molecule has 3 aliphatic rings. The van der Waals surface area contributed by atoms with Crippen LogP contribution in [0.5, 0.6) is 0 Å². The van der Waals surface area contributed by atoms with Gasteiger partial charge in [-0.05, 0) is 31.1 Å². The average Bonchev–Trinajstić information content (AvgIpc) is 3.01. The van der Waals surface area contributed by atoms with Gasteiger partial charge in [-0.2, -0.15) is 0 Å². The number of carbonyl (C=O) groups is 2. The molecule has 0 spiro atoms. The Balaban J connectivity index is 1.73. The van der Waals surface area contributed by atoms with E-state index in [2.05, 4.69) is 0 Å². The number of carboxylic acid groups (broad SMARTS) is 1. The van der Waals surface area contributed by atoms with E-state index in [1.54, 1.807) is 0 Å². The molecule has 5 nitrogen and oxygen atoms in total. The summed E-state index contributed by atoms with van der Waals surface area (Å²) in [5.41, 5.74) is 0. The van der Waals surface area contributed by atoms with Crippen molar-refractivity contribution in [1.29, 1.82) is 0 Å². The van der Waals surface area contributed by atoms with Crippen molar-refractivity contribution in [2.24, 2.45) is 17.8 Å². The van der Waals surface area contributed by atoms with E-state index in [4.69, 9.17) is 5.11 Å². The van der Waals surface area contributed by atoms with Crippen LogP contribution >= 0.6 is 0 Å². The highest BCUT2D eigenvalue weighted by atomic mass is 16.4. The lowest BCUT2D eigenvalue weighted by atomic mass is 9.87. The molecule has 2 N–H and O–H groups in total. The van der Waals surface area contributed by atoms with Crippen LogP contribution in [0.1, 0.15) is 32.1 Å². The summed E-state index contributed by atoms with van der Waals surface area (Å²) in [4.78, 5) is 25.0. The van der Waals surface area contributed by atoms with Crippen LogP contribution in [-0.2, 0) is 9.59 Å². The van der Waals surface area contributed by atoms with E-state index in [9.17, 15) is 14.7 Å². The molecule has 18 heavy (non-hydrogen) atoms. The van der Waals surface area contributed by atoms with E-state index in [1.165, 1.54) is 11.3 Å². The van der Waals surface area contributed by atoms with Gasteiger partial charge in [0.2, 0.25) is 5.91 Å². The summed E-state index contributed by atoms with van der Waals surface area (Å²) in [6.45, 7) is 0.184. The fraction of sp³-hybridized carbons (Fsp3) is 0.846. The van der Waals surface area contributed by atoms with E-state index in [0.717, 1.165) is 19.3 Å². The molecule has 0 radical (unpaired) electrons. The van der Waals surface area contributed by atoms with Crippen LogP contribution in [0.2, 0.25) is 0 Å². The molecule has 100 valence electrons. The molecule has 3 unspecified atom stereocenters. The van der Waals surface area contributed by atoms with Crippen LogP contribution in [0.3, 0.4) is 0 Å². The lowest BCUT2D eigenvalue weighted by Crippen LogP contribution is -2.44. The monoisotopic (exact) mass is 253 g/mol. The van der Waals surface area contributed by atoms with Gasteiger partial charge < -0.3 is 15.1 Å². The topological polar surface area (TPSA) is 77.8 Å². The first-order valence-corrected chi connectivity index (χ1v) is 6.77. The number of β-amino-alcohol motifs (C(OH)–C–C–N with tert-alkyl or cyclic N) is 1. The first-order valence-electron chi connectivity index (χ1n) is 6.77. The summed E-state index contributed by atoms with van der Waals surface area (Å²) >= 11 is 0. The first-order chi connectivity index (χ1) is 8.56. The van der Waals surface area contributed by atoms with Gasteiger partial charge in [0.15, 0.2) is 0 Å². The minimum absolute atomic E-state index is 0.0101. The number of aliphatic hydroxyl groups excluding tert-OH is 1. The van der Waals surface area contributed by atoms with Crippen molar-refractivity contribution in [2.75, 3.05) is 6.54 Å². The summed E-state index contributed by atoms with van der Waals surface area (Å²) in [6, 6.07) is -0.827. The zero-order valence-electron chi connectivity index (χ0n) is 10.3. The number of carboxylic acids is 1. The van der Waals surface area contributed by atoms with Crippen molar-refractivity contribution in [3.8, 4) is 0 Å². The van der Waals surface area contributed by atoms with Crippen molar-refractivity contribution in [3.63, 3.8) is 0 Å². The molecule has 1 amide bonds. The van der Waals surface area contributed by atoms with Crippen molar-refractivity contribution in [1.82, 2.24) is 4.90 Å². The molecule has 1 saturated heterocycles. The molecule has 5 heteroatoms. The smallest absolute Gasteiger partial charge is 0.326 e. The minimum Gasteiger partial charge on any atom is -0.480 e. The predicted molar refractivity (Wildman–Crippen MR) is 62.7 cm³/mol. The number of hydrogen-bond acceptors (Lipinski definition) is 3. The van der Waals surface area contributed by atoms with E-state index >= 15 is 0 Å². The third kappa shape index (κ3) is 1.81. The summed E-state index contributed by atoms with van der Waals surface area (Å²) < 4.78 is 0. The van der Waals surface area contributed by atoms with E-state index in [0.29, 0.717) is 11.8 Å². The molecule has 2 aliphatic carbocycles. The van der Waals surface area contributed by atoms with Crippen molar-refractivity contribution in [2.45, 2.75) is 44.2 Å². The Morgan fingerprint density at radius 1 is 1.11 bits per heavy atom. The van der Waals surface area contributed by atoms with Crippen LogP contribution < -0.4 is 0 Å². The summed E-state index contributed by atoms with van der Waals surface area (Å²) in [5, 5.41) is 18.7. The van der Waals surface area contributed by atoms with Gasteiger partial charge >= 0.3 is 5.97 Å². The Hall–Kier alpha value is -1.10. The predicted octanol–water partition coefficient (Wildman–Crippen LogP) is 0.469. The number of aliphatic carboxylic acids is 1. The molecule has 3 rings (SSSR count). The number of aliphatic hydroxyl groups is 1. The second-order valence-corrected chi connectivity index (χ2v) is 6.02. The SMILES string of the molecule is O=C(O)[C@H]1C[C@@H](O)CN1C(=O)C1CC2CCC1C2. The van der Waals surface area contributed by atoms with Crippen LogP contribution in [0.25, 0.3) is 0 Å². The highest BCUT2D eigenvalue weighted by Crippen LogP contribution is 2.49. The van der Waals surface area contributed by atoms with Crippen molar-refractivity contribution < 1.29 is 19.8 Å². The van der Waals surface area contributed by atoms with Crippen LogP contribution in [-0.4, -0.2) is 45.7 Å². The van der Waals surface area contributed by atoms with Crippen LogP contribution in [0.4, 0.5) is 0 Å². The number of hydrogen-bond donors (Lipinski definition) is 2. The molecule has 2 saturated carbocycles. The molecule has 0 aromatic rings. The zero-order valence-corrected chi connectivity index (χ0v) is 10.3. The van der Waals surface area contributed by atoms with Crippen molar-refractivity contribution in [3.05, 3.63) is 0 Å². The van der Waals surface area contributed by atoms with Gasteiger partial charge in [-0.3, -0.25) is 4.79 Å². The maximum absolute atomic E-state index is 12.4. The molecule has 1 aliphatic heterocycles. The quantitative estimate of drug-likeness (QED) is 0.750. The van der Waals surface area contributed by atoms with Gasteiger partial charge in [0.05, 0.1) is 6.10 Å². The lowest BCUT2D eigenvalue weighted by molar-refractivity contribution is -0.150. The minimum atomic E-state index is -0.997. The highest BCUT2D eigenvalue weighted by Gasteiger charge is 2.48. The fourth-order valence-electron chi connectivity index (χ4n) is 4.05. The fourth-order valence-corrected chi connectivity index (χ4v) is 4.05. The molecular formula is C13H19NO4. The third-order valence-corrected chi connectivity index (χ3v) is 4.90. The maximum atomic E-state index is 12.4. The summed E-state index contributed by atoms with van der Waals surface area (Å²) in [7, 11) is 0. The standard InChI is InChI=1S/C13H19NO4/c15-9-5-11(13(17)18)14(6-9)12(16)10-4-7-1-2-8(10)3-7/h7-11,15H,1-6H2,(H,17,18)/t7?,8?,9-,10?,11-/m1/s1. The number of fused-ring (bicyclic) bond motifs is 2. The molecule has 1 heterocycles. The van der Waals surface area contributed by atoms with Gasteiger partial charge in [-0.1, -0.05) is 6.42 Å². The molecule has 3 fully saturated rings. The molecule has 0 aromatic carbocycles. The maximum Gasteiger partial charge on any atom is 0.326 e. The van der Waals surface area contributed by atoms with Gasteiger partial charge in [-0.25, -0.2) is 4.79 Å². The van der Waals surface area contributed by atoms with Crippen LogP contribution in [0, 0.1) is 17.8 Å². The number of rotatable bonds is 2. The zero-order chi connectivity index (χ0) is 12.9. The highest BCUT2D eigenvalue weighted by molar-refractivity contribution is 5.86. The van der Waals surface area contributed by atoms with Gasteiger partial charge in [0.25, 0.3) is 0 Å². The molecular weight excluding hydrogens is 234 g/mol. The average molecular weight is 253 g/mol. The number of nitrogens with zero attached hydrogens (tertiary/aromatic N) is 1. The Morgan fingerprint density at radius 3 is 2.44 bits per heavy atom. The second-order valence-electron chi connectivity index (χ2n) is 6.02. The van der Waals surface area contributed by atoms with Crippen LogP contribution in [0.15, 0.2) is 0 Å². The van der Waals surface area contributed by atoms with Gasteiger partial charge in [-0.15, -0.1) is 0 Å². The Kier molecular flexibility index (Phi) is 2.81. The molecule has 2 bridgehead atoms. The van der Waals surface area contributed by atoms with E-state index in [1.807, 2.05) is 0 Å². The normalized spacial score (nSPS) is 42.5. The van der Waals surface area contributed by atoms with Crippen molar-refractivity contribution >= 4 is 11.9 Å². The first kappa shape index (κ1) is 12.0. The third-order valence-electron chi connectivity index (χ3n) is 4.90. The molecule has 0 aromatic heterocycles. The Bertz CT molecular complexity index is 383. The number of carbonyl (C=O) groups excluding carboxylic acids is 1. The lowest BCUT2D eigenvalue weighted by Gasteiger charge is -2.28. The largest absolute Gasteiger partial charge is 0.480 e. The number of likely N-dealkylation sites (tertiary alicyclic amines) is 1. The number of amides is 1.